The Labute approximate surface area is 133 Å². The second-order valence-electron chi connectivity index (χ2n) is 4.95. The van der Waals surface area contributed by atoms with E-state index in [-0.39, 0.29) is 5.91 Å². The summed E-state index contributed by atoms with van der Waals surface area (Å²) in [5.41, 5.74) is 4.42. The Morgan fingerprint density at radius 3 is 2.62 bits per heavy atom. The molecule has 0 bridgehead atoms. The summed E-state index contributed by atoms with van der Waals surface area (Å²) in [7, 11) is 0. The number of hydrogen-bond donors (Lipinski definition) is 2. The average molecular weight is 347 g/mol. The van der Waals surface area contributed by atoms with Crippen LogP contribution < -0.4 is 10.6 Å². The van der Waals surface area contributed by atoms with E-state index < -0.39 is 0 Å². The fraction of sp³-hybridized carbons (Fsp3) is 0.235. The third-order valence-electron chi connectivity index (χ3n) is 3.30. The van der Waals surface area contributed by atoms with Crippen LogP contribution in [0, 0.1) is 13.8 Å². The van der Waals surface area contributed by atoms with Gasteiger partial charge in [0.05, 0.1) is 5.56 Å². The summed E-state index contributed by atoms with van der Waals surface area (Å²) < 4.78 is 0.983. The maximum atomic E-state index is 12.6. The Bertz CT molecular complexity index is 668. The SMILES string of the molecule is CCNc1ccc(C)cc1C(=O)Nc1cccc(Br)c1C. The Hall–Kier alpha value is -1.81. The van der Waals surface area contributed by atoms with Crippen LogP contribution in [0.15, 0.2) is 40.9 Å². The molecule has 110 valence electrons. The number of aryl methyl sites for hydroxylation is 1. The summed E-state index contributed by atoms with van der Waals surface area (Å²) in [4.78, 5) is 12.6. The summed E-state index contributed by atoms with van der Waals surface area (Å²) in [5, 5.41) is 6.21. The first-order valence-corrected chi connectivity index (χ1v) is 7.73. The van der Waals surface area contributed by atoms with Crippen molar-refractivity contribution < 1.29 is 4.79 Å². The molecular formula is C17H19BrN2O. The van der Waals surface area contributed by atoms with E-state index in [1.54, 1.807) is 0 Å². The van der Waals surface area contributed by atoms with Crippen molar-refractivity contribution in [2.75, 3.05) is 17.2 Å². The van der Waals surface area contributed by atoms with Crippen molar-refractivity contribution in [2.24, 2.45) is 0 Å². The minimum Gasteiger partial charge on any atom is -0.385 e. The van der Waals surface area contributed by atoms with Gasteiger partial charge in [0.2, 0.25) is 0 Å². The van der Waals surface area contributed by atoms with Gasteiger partial charge in [-0.15, -0.1) is 0 Å². The Balaban J connectivity index is 2.32. The minimum absolute atomic E-state index is 0.101. The number of halogens is 1. The van der Waals surface area contributed by atoms with E-state index in [4.69, 9.17) is 0 Å². The van der Waals surface area contributed by atoms with Gasteiger partial charge in [0.1, 0.15) is 0 Å². The predicted molar refractivity (Wildman–Crippen MR) is 92.2 cm³/mol. The van der Waals surface area contributed by atoms with Gasteiger partial charge in [-0.2, -0.15) is 0 Å². The molecule has 3 nitrogen and oxygen atoms in total. The fourth-order valence-corrected chi connectivity index (χ4v) is 2.49. The first-order valence-electron chi connectivity index (χ1n) is 6.94. The minimum atomic E-state index is -0.101. The molecule has 0 aliphatic heterocycles. The lowest BCUT2D eigenvalue weighted by atomic mass is 10.1. The number of benzene rings is 2. The lowest BCUT2D eigenvalue weighted by Crippen LogP contribution is -2.15. The van der Waals surface area contributed by atoms with Crippen molar-refractivity contribution in [1.82, 2.24) is 0 Å². The molecule has 0 heterocycles. The number of hydrogen-bond acceptors (Lipinski definition) is 2. The van der Waals surface area contributed by atoms with Crippen LogP contribution in [0.2, 0.25) is 0 Å². The van der Waals surface area contributed by atoms with Crippen molar-refractivity contribution in [2.45, 2.75) is 20.8 Å². The van der Waals surface area contributed by atoms with E-state index in [9.17, 15) is 4.79 Å². The number of carbonyl (C=O) groups excluding carboxylic acids is 1. The molecule has 2 rings (SSSR count). The molecule has 1 amide bonds. The molecule has 2 aromatic carbocycles. The van der Waals surface area contributed by atoms with Gasteiger partial charge in [0.15, 0.2) is 0 Å². The zero-order chi connectivity index (χ0) is 15.4. The average Bonchev–Trinajstić information content (AvgIpc) is 2.46. The van der Waals surface area contributed by atoms with Gasteiger partial charge in [0, 0.05) is 22.4 Å². The van der Waals surface area contributed by atoms with Gasteiger partial charge >= 0.3 is 0 Å². The van der Waals surface area contributed by atoms with Crippen molar-refractivity contribution in [3.05, 3.63) is 57.6 Å². The molecule has 0 aromatic heterocycles. The number of amides is 1. The molecule has 2 N–H and O–H groups in total. The fourth-order valence-electron chi connectivity index (χ4n) is 2.12. The van der Waals surface area contributed by atoms with Crippen LogP contribution in [0.4, 0.5) is 11.4 Å². The van der Waals surface area contributed by atoms with Crippen LogP contribution in [0.1, 0.15) is 28.4 Å². The van der Waals surface area contributed by atoms with E-state index in [1.807, 2.05) is 57.2 Å². The van der Waals surface area contributed by atoms with Crippen LogP contribution in [-0.2, 0) is 0 Å². The molecule has 21 heavy (non-hydrogen) atoms. The largest absolute Gasteiger partial charge is 0.385 e. The summed E-state index contributed by atoms with van der Waals surface area (Å²) >= 11 is 3.48. The second-order valence-corrected chi connectivity index (χ2v) is 5.80. The third-order valence-corrected chi connectivity index (χ3v) is 4.16. The number of anilines is 2. The summed E-state index contributed by atoms with van der Waals surface area (Å²) in [6.45, 7) is 6.75. The highest BCUT2D eigenvalue weighted by Gasteiger charge is 2.13. The monoisotopic (exact) mass is 346 g/mol. The Morgan fingerprint density at radius 2 is 1.90 bits per heavy atom. The van der Waals surface area contributed by atoms with Gasteiger partial charge in [-0.25, -0.2) is 0 Å². The quantitative estimate of drug-likeness (QED) is 0.838. The number of carbonyl (C=O) groups is 1. The maximum Gasteiger partial charge on any atom is 0.257 e. The lowest BCUT2D eigenvalue weighted by molar-refractivity contribution is 0.102. The predicted octanol–water partition coefficient (Wildman–Crippen LogP) is 4.75. The van der Waals surface area contributed by atoms with Crippen molar-refractivity contribution >= 4 is 33.2 Å². The Kier molecular flexibility index (Phi) is 5.02. The molecule has 0 saturated carbocycles. The summed E-state index contributed by atoms with van der Waals surface area (Å²) in [6, 6.07) is 11.6. The standard InChI is InChI=1S/C17H19BrN2O/c1-4-19-16-9-8-11(2)10-13(16)17(21)20-15-7-5-6-14(18)12(15)3/h5-10,19H,4H2,1-3H3,(H,20,21). The van der Waals surface area contributed by atoms with E-state index in [1.165, 1.54) is 0 Å². The van der Waals surface area contributed by atoms with Gasteiger partial charge in [0.25, 0.3) is 5.91 Å². The van der Waals surface area contributed by atoms with Gasteiger partial charge in [-0.1, -0.05) is 33.6 Å². The molecule has 0 unspecified atom stereocenters. The highest BCUT2D eigenvalue weighted by atomic mass is 79.9. The molecule has 0 radical (unpaired) electrons. The topological polar surface area (TPSA) is 41.1 Å². The smallest absolute Gasteiger partial charge is 0.257 e. The van der Waals surface area contributed by atoms with Crippen LogP contribution in [0.5, 0.6) is 0 Å². The first kappa shape index (κ1) is 15.6. The van der Waals surface area contributed by atoms with E-state index in [2.05, 4.69) is 26.6 Å². The molecular weight excluding hydrogens is 328 g/mol. The molecule has 0 saturated heterocycles. The highest BCUT2D eigenvalue weighted by Crippen LogP contribution is 2.25. The molecule has 4 heteroatoms. The van der Waals surface area contributed by atoms with E-state index in [0.717, 1.165) is 33.5 Å². The van der Waals surface area contributed by atoms with E-state index in [0.29, 0.717) is 5.56 Å². The highest BCUT2D eigenvalue weighted by molar-refractivity contribution is 9.10. The van der Waals surface area contributed by atoms with E-state index >= 15 is 0 Å². The molecule has 0 fully saturated rings. The Morgan fingerprint density at radius 1 is 1.14 bits per heavy atom. The van der Waals surface area contributed by atoms with Crippen molar-refractivity contribution in [1.29, 1.82) is 0 Å². The van der Waals surface area contributed by atoms with Crippen molar-refractivity contribution in [3.63, 3.8) is 0 Å². The van der Waals surface area contributed by atoms with Gasteiger partial charge in [-0.05, 0) is 50.6 Å². The molecule has 0 atom stereocenters. The van der Waals surface area contributed by atoms with Crippen molar-refractivity contribution in [3.8, 4) is 0 Å². The summed E-state index contributed by atoms with van der Waals surface area (Å²) in [6.07, 6.45) is 0. The third kappa shape index (κ3) is 3.64. The zero-order valence-electron chi connectivity index (χ0n) is 12.5. The molecule has 0 aliphatic rings. The van der Waals surface area contributed by atoms with Crippen LogP contribution >= 0.6 is 15.9 Å². The number of rotatable bonds is 4. The normalized spacial score (nSPS) is 10.3. The van der Waals surface area contributed by atoms with Crippen LogP contribution in [0.25, 0.3) is 0 Å². The molecule has 2 aromatic rings. The second kappa shape index (κ2) is 6.76. The van der Waals surface area contributed by atoms with Crippen LogP contribution in [-0.4, -0.2) is 12.5 Å². The lowest BCUT2D eigenvalue weighted by Gasteiger charge is -2.14. The maximum absolute atomic E-state index is 12.6. The zero-order valence-corrected chi connectivity index (χ0v) is 14.0. The summed E-state index contributed by atoms with van der Waals surface area (Å²) in [5.74, 6) is -0.101. The number of nitrogens with one attached hydrogen (secondary N) is 2. The molecule has 0 spiro atoms. The molecule has 0 aliphatic carbocycles. The van der Waals surface area contributed by atoms with Gasteiger partial charge in [-0.3, -0.25) is 4.79 Å². The first-order chi connectivity index (χ1) is 10.0. The van der Waals surface area contributed by atoms with Gasteiger partial charge < -0.3 is 10.6 Å². The van der Waals surface area contributed by atoms with Crippen LogP contribution in [0.3, 0.4) is 0 Å².